The predicted octanol–water partition coefficient (Wildman–Crippen LogP) is 3.18. The predicted molar refractivity (Wildman–Crippen MR) is 99.6 cm³/mol. The monoisotopic (exact) mass is 378 g/mol. The molecule has 5 nitrogen and oxygen atoms in total. The van der Waals surface area contributed by atoms with Crippen molar-refractivity contribution in [3.63, 3.8) is 0 Å². The van der Waals surface area contributed by atoms with Crippen molar-refractivity contribution in [1.82, 2.24) is 10.6 Å². The molecule has 0 aliphatic carbocycles. The van der Waals surface area contributed by atoms with E-state index in [2.05, 4.69) is 10.6 Å². The number of hydrogen-bond acceptors (Lipinski definition) is 4. The van der Waals surface area contributed by atoms with Crippen LogP contribution in [0.2, 0.25) is 0 Å². The SMILES string of the molecule is CC[C@H](C)[C@H](NCC(=O)NC(c1ccc(F)cc1)c1cccs1)C(=O)O. The van der Waals surface area contributed by atoms with Crippen molar-refractivity contribution < 1.29 is 19.1 Å². The van der Waals surface area contributed by atoms with Gasteiger partial charge in [-0.15, -0.1) is 11.3 Å². The van der Waals surface area contributed by atoms with Crippen LogP contribution in [-0.4, -0.2) is 29.6 Å². The van der Waals surface area contributed by atoms with Gasteiger partial charge in [-0.05, 0) is 35.1 Å². The summed E-state index contributed by atoms with van der Waals surface area (Å²) in [5.41, 5.74) is 0.763. The number of carbonyl (C=O) groups is 2. The number of aliphatic carboxylic acids is 1. The number of thiophene rings is 1. The van der Waals surface area contributed by atoms with E-state index in [0.717, 1.165) is 10.4 Å². The number of rotatable bonds is 9. The van der Waals surface area contributed by atoms with Crippen LogP contribution in [0.25, 0.3) is 0 Å². The van der Waals surface area contributed by atoms with Gasteiger partial charge < -0.3 is 10.4 Å². The fraction of sp³-hybridized carbons (Fsp3) is 0.368. The van der Waals surface area contributed by atoms with Crippen molar-refractivity contribution in [3.8, 4) is 0 Å². The lowest BCUT2D eigenvalue weighted by molar-refractivity contribution is -0.141. The molecule has 1 unspecified atom stereocenters. The molecule has 2 aromatic rings. The third kappa shape index (κ3) is 5.37. The van der Waals surface area contributed by atoms with Gasteiger partial charge in [-0.1, -0.05) is 38.5 Å². The molecule has 0 bridgehead atoms. The minimum atomic E-state index is -0.972. The Bertz CT molecular complexity index is 719. The molecule has 1 heterocycles. The van der Waals surface area contributed by atoms with Gasteiger partial charge in [0.1, 0.15) is 11.9 Å². The molecule has 0 fully saturated rings. The smallest absolute Gasteiger partial charge is 0.320 e. The highest BCUT2D eigenvalue weighted by Gasteiger charge is 2.24. The summed E-state index contributed by atoms with van der Waals surface area (Å²) in [5.74, 6) is -1.72. The highest BCUT2D eigenvalue weighted by molar-refractivity contribution is 7.10. The van der Waals surface area contributed by atoms with E-state index >= 15 is 0 Å². The van der Waals surface area contributed by atoms with E-state index in [1.165, 1.54) is 23.5 Å². The maximum atomic E-state index is 13.2. The number of benzene rings is 1. The molecule has 3 N–H and O–H groups in total. The van der Waals surface area contributed by atoms with E-state index in [4.69, 9.17) is 0 Å². The average molecular weight is 378 g/mol. The largest absolute Gasteiger partial charge is 0.480 e. The van der Waals surface area contributed by atoms with Crippen molar-refractivity contribution in [1.29, 1.82) is 0 Å². The Morgan fingerprint density at radius 2 is 1.92 bits per heavy atom. The Kier molecular flexibility index (Phi) is 7.29. The summed E-state index contributed by atoms with van der Waals surface area (Å²) < 4.78 is 13.2. The second kappa shape index (κ2) is 9.45. The Balaban J connectivity index is 2.07. The summed E-state index contributed by atoms with van der Waals surface area (Å²) in [6, 6.07) is 8.55. The van der Waals surface area contributed by atoms with Crippen LogP contribution in [0.15, 0.2) is 41.8 Å². The van der Waals surface area contributed by atoms with E-state index < -0.39 is 18.1 Å². The number of nitrogens with one attached hydrogen (secondary N) is 2. The van der Waals surface area contributed by atoms with Crippen LogP contribution in [0.5, 0.6) is 0 Å². The van der Waals surface area contributed by atoms with Gasteiger partial charge in [0.05, 0.1) is 12.6 Å². The number of carboxylic acid groups (broad SMARTS) is 1. The first kappa shape index (κ1) is 20.1. The summed E-state index contributed by atoms with van der Waals surface area (Å²) in [7, 11) is 0. The molecule has 0 aliphatic heterocycles. The van der Waals surface area contributed by atoms with E-state index in [1.54, 1.807) is 12.1 Å². The summed E-state index contributed by atoms with van der Waals surface area (Å²) in [6.07, 6.45) is 0.693. The number of hydrogen-bond donors (Lipinski definition) is 3. The van der Waals surface area contributed by atoms with Gasteiger partial charge in [0.15, 0.2) is 0 Å². The van der Waals surface area contributed by atoms with Crippen LogP contribution in [0.4, 0.5) is 4.39 Å². The maximum Gasteiger partial charge on any atom is 0.320 e. The van der Waals surface area contributed by atoms with E-state index in [-0.39, 0.29) is 24.2 Å². The standard InChI is InChI=1S/C19H23FN2O3S/c1-3-12(2)17(19(24)25)21-11-16(23)22-18(15-5-4-10-26-15)13-6-8-14(20)9-7-13/h4-10,12,17-18,21H,3,11H2,1-2H3,(H,22,23)(H,24,25)/t12-,17-,18?/m0/s1. The molecule has 3 atom stereocenters. The molecular formula is C19H23FN2O3S. The highest BCUT2D eigenvalue weighted by Crippen LogP contribution is 2.26. The van der Waals surface area contributed by atoms with E-state index in [9.17, 15) is 19.1 Å². The third-order valence-corrected chi connectivity index (χ3v) is 5.24. The molecule has 1 aromatic carbocycles. The summed E-state index contributed by atoms with van der Waals surface area (Å²) in [6.45, 7) is 3.63. The van der Waals surface area contributed by atoms with E-state index in [1.807, 2.05) is 31.4 Å². The van der Waals surface area contributed by atoms with Gasteiger partial charge in [-0.2, -0.15) is 0 Å². The van der Waals surface area contributed by atoms with Crippen LogP contribution < -0.4 is 10.6 Å². The highest BCUT2D eigenvalue weighted by atomic mass is 32.1. The van der Waals surface area contributed by atoms with Gasteiger partial charge in [0.2, 0.25) is 5.91 Å². The van der Waals surface area contributed by atoms with Gasteiger partial charge >= 0.3 is 5.97 Å². The molecule has 2 rings (SSSR count). The Labute approximate surface area is 156 Å². The normalized spacial score (nSPS) is 14.4. The lowest BCUT2D eigenvalue weighted by Crippen LogP contribution is -2.46. The van der Waals surface area contributed by atoms with E-state index in [0.29, 0.717) is 6.42 Å². The molecule has 0 spiro atoms. The molecule has 0 saturated heterocycles. The van der Waals surface area contributed by atoms with Crippen molar-refractivity contribution in [3.05, 3.63) is 58.0 Å². The Morgan fingerprint density at radius 3 is 2.46 bits per heavy atom. The number of carbonyl (C=O) groups excluding carboxylic acids is 1. The maximum absolute atomic E-state index is 13.2. The number of halogens is 1. The first-order valence-corrected chi connectivity index (χ1v) is 9.34. The minimum absolute atomic E-state index is 0.0921. The number of amides is 1. The zero-order chi connectivity index (χ0) is 19.1. The molecule has 0 saturated carbocycles. The van der Waals surface area contributed by atoms with Gasteiger partial charge in [0, 0.05) is 4.88 Å². The molecule has 0 radical (unpaired) electrons. The van der Waals surface area contributed by atoms with Crippen LogP contribution in [0.1, 0.15) is 36.8 Å². The zero-order valence-corrected chi connectivity index (χ0v) is 15.6. The molecule has 1 amide bonds. The lowest BCUT2D eigenvalue weighted by atomic mass is 9.99. The summed E-state index contributed by atoms with van der Waals surface area (Å²) in [4.78, 5) is 24.7. The molecule has 1 aromatic heterocycles. The zero-order valence-electron chi connectivity index (χ0n) is 14.7. The molecule has 0 aliphatic rings. The first-order valence-electron chi connectivity index (χ1n) is 8.46. The van der Waals surface area contributed by atoms with Crippen molar-refractivity contribution in [2.45, 2.75) is 32.4 Å². The van der Waals surface area contributed by atoms with Gasteiger partial charge in [-0.3, -0.25) is 14.9 Å². The van der Waals surface area contributed by atoms with Crippen LogP contribution in [0.3, 0.4) is 0 Å². The van der Waals surface area contributed by atoms with Crippen LogP contribution in [0, 0.1) is 11.7 Å². The second-order valence-corrected chi connectivity index (χ2v) is 7.13. The second-order valence-electron chi connectivity index (χ2n) is 6.15. The fourth-order valence-electron chi connectivity index (χ4n) is 2.61. The lowest BCUT2D eigenvalue weighted by Gasteiger charge is -2.22. The van der Waals surface area contributed by atoms with Gasteiger partial charge in [0.25, 0.3) is 0 Å². The van der Waals surface area contributed by atoms with Crippen molar-refractivity contribution in [2.24, 2.45) is 5.92 Å². The minimum Gasteiger partial charge on any atom is -0.480 e. The van der Waals surface area contributed by atoms with Crippen LogP contribution in [-0.2, 0) is 9.59 Å². The molecular weight excluding hydrogens is 355 g/mol. The third-order valence-electron chi connectivity index (χ3n) is 4.30. The molecule has 140 valence electrons. The van der Waals surface area contributed by atoms with Crippen LogP contribution >= 0.6 is 11.3 Å². The molecule has 7 heteroatoms. The average Bonchev–Trinajstić information content (AvgIpc) is 3.14. The molecule has 26 heavy (non-hydrogen) atoms. The Hall–Kier alpha value is -2.25. The first-order chi connectivity index (χ1) is 12.4. The summed E-state index contributed by atoms with van der Waals surface area (Å²) in [5, 5.41) is 16.9. The van der Waals surface area contributed by atoms with Crippen molar-refractivity contribution in [2.75, 3.05) is 6.54 Å². The number of carboxylic acids is 1. The van der Waals surface area contributed by atoms with Gasteiger partial charge in [-0.25, -0.2) is 4.39 Å². The Morgan fingerprint density at radius 1 is 1.23 bits per heavy atom. The fourth-order valence-corrected chi connectivity index (χ4v) is 3.41. The van der Waals surface area contributed by atoms with Crippen molar-refractivity contribution >= 4 is 23.2 Å². The topological polar surface area (TPSA) is 78.4 Å². The quantitative estimate of drug-likeness (QED) is 0.626. The summed E-state index contributed by atoms with van der Waals surface area (Å²) >= 11 is 1.49.